The van der Waals surface area contributed by atoms with Crippen molar-refractivity contribution in [1.29, 1.82) is 0 Å². The minimum absolute atomic E-state index is 0.782. The molecule has 0 fully saturated rings. The molecule has 0 aliphatic carbocycles. The molecule has 0 bridgehead atoms. The number of nitrogens with one attached hydrogen (secondary N) is 2. The molecule has 1 heterocycles. The molecule has 0 aliphatic heterocycles. The van der Waals surface area contributed by atoms with E-state index in [1.165, 1.54) is 0 Å². The number of halogens is 1. The van der Waals surface area contributed by atoms with Crippen LogP contribution in [0.1, 0.15) is 5.56 Å². The topological polar surface area (TPSA) is 40.7 Å². The van der Waals surface area contributed by atoms with Gasteiger partial charge in [-0.1, -0.05) is 29.4 Å². The standard InChI is InChI=1S/C11H12ClN3S/c1-13-7-8-2-3-9(6-10(8)12)16-11-14-4-5-15-11/h2-6,13H,7H2,1H3,(H,14,15). The van der Waals surface area contributed by atoms with E-state index in [2.05, 4.69) is 15.3 Å². The molecule has 2 N–H and O–H groups in total. The van der Waals surface area contributed by atoms with E-state index < -0.39 is 0 Å². The highest BCUT2D eigenvalue weighted by molar-refractivity contribution is 7.99. The Morgan fingerprint density at radius 3 is 3.00 bits per heavy atom. The number of nitrogens with zero attached hydrogens (tertiary/aromatic N) is 1. The summed E-state index contributed by atoms with van der Waals surface area (Å²) in [6.07, 6.45) is 3.54. The molecule has 0 radical (unpaired) electrons. The van der Waals surface area contributed by atoms with Crippen LogP contribution in [-0.4, -0.2) is 17.0 Å². The Kier molecular flexibility index (Phi) is 3.88. The van der Waals surface area contributed by atoms with Crippen LogP contribution < -0.4 is 5.32 Å². The maximum atomic E-state index is 6.16. The normalized spacial score (nSPS) is 10.6. The summed E-state index contributed by atoms with van der Waals surface area (Å²) in [6.45, 7) is 0.782. The fourth-order valence-corrected chi connectivity index (χ4v) is 2.43. The zero-order valence-corrected chi connectivity index (χ0v) is 10.4. The lowest BCUT2D eigenvalue weighted by atomic mass is 10.2. The van der Waals surface area contributed by atoms with Gasteiger partial charge in [0.1, 0.15) is 0 Å². The average molecular weight is 254 g/mol. The second-order valence-corrected chi connectivity index (χ2v) is 4.75. The SMILES string of the molecule is CNCc1ccc(Sc2ncc[nH]2)cc1Cl. The Balaban J connectivity index is 2.15. The average Bonchev–Trinajstić information content (AvgIpc) is 2.75. The molecular formula is C11H12ClN3S. The monoisotopic (exact) mass is 253 g/mol. The van der Waals surface area contributed by atoms with Crippen LogP contribution in [0.3, 0.4) is 0 Å². The minimum atomic E-state index is 0.782. The van der Waals surface area contributed by atoms with Gasteiger partial charge in [-0.3, -0.25) is 0 Å². The highest BCUT2D eigenvalue weighted by Crippen LogP contribution is 2.28. The van der Waals surface area contributed by atoms with Gasteiger partial charge in [0, 0.05) is 28.9 Å². The van der Waals surface area contributed by atoms with E-state index in [9.17, 15) is 0 Å². The summed E-state index contributed by atoms with van der Waals surface area (Å²) in [6, 6.07) is 6.04. The third-order valence-corrected chi connectivity index (χ3v) is 3.34. The zero-order valence-electron chi connectivity index (χ0n) is 8.83. The molecule has 0 amide bonds. The van der Waals surface area contributed by atoms with Crippen molar-refractivity contribution >= 4 is 23.4 Å². The summed E-state index contributed by atoms with van der Waals surface area (Å²) in [5.74, 6) is 0. The highest BCUT2D eigenvalue weighted by Gasteiger charge is 2.03. The molecule has 0 spiro atoms. The summed E-state index contributed by atoms with van der Waals surface area (Å²) >= 11 is 7.73. The van der Waals surface area contributed by atoms with Crippen LogP contribution in [-0.2, 0) is 6.54 Å². The van der Waals surface area contributed by atoms with Crippen LogP contribution >= 0.6 is 23.4 Å². The van der Waals surface area contributed by atoms with Gasteiger partial charge in [0.05, 0.1) is 0 Å². The summed E-state index contributed by atoms with van der Waals surface area (Å²) < 4.78 is 0. The summed E-state index contributed by atoms with van der Waals surface area (Å²) in [7, 11) is 1.90. The summed E-state index contributed by atoms with van der Waals surface area (Å²) in [5.41, 5.74) is 1.10. The number of benzene rings is 1. The first-order valence-corrected chi connectivity index (χ1v) is 6.09. The van der Waals surface area contributed by atoms with Gasteiger partial charge < -0.3 is 10.3 Å². The second kappa shape index (κ2) is 5.39. The van der Waals surface area contributed by atoms with Crippen molar-refractivity contribution in [2.45, 2.75) is 16.6 Å². The molecule has 0 atom stereocenters. The predicted octanol–water partition coefficient (Wildman–Crippen LogP) is 2.93. The molecule has 5 heteroatoms. The summed E-state index contributed by atoms with van der Waals surface area (Å²) in [4.78, 5) is 8.28. The molecule has 2 rings (SSSR count). The van der Waals surface area contributed by atoms with Crippen molar-refractivity contribution in [3.05, 3.63) is 41.2 Å². The van der Waals surface area contributed by atoms with E-state index in [-0.39, 0.29) is 0 Å². The van der Waals surface area contributed by atoms with Gasteiger partial charge >= 0.3 is 0 Å². The maximum Gasteiger partial charge on any atom is 0.170 e. The van der Waals surface area contributed by atoms with E-state index in [0.717, 1.165) is 27.2 Å². The van der Waals surface area contributed by atoms with Crippen molar-refractivity contribution in [3.8, 4) is 0 Å². The van der Waals surface area contributed by atoms with E-state index in [1.54, 1.807) is 24.2 Å². The molecular weight excluding hydrogens is 242 g/mol. The number of aromatic amines is 1. The zero-order chi connectivity index (χ0) is 11.4. The molecule has 3 nitrogen and oxygen atoms in total. The first-order chi connectivity index (χ1) is 7.79. The van der Waals surface area contributed by atoms with Gasteiger partial charge in [0.15, 0.2) is 5.16 Å². The smallest absolute Gasteiger partial charge is 0.170 e. The molecule has 1 aromatic heterocycles. The van der Waals surface area contributed by atoms with Crippen LogP contribution in [0.5, 0.6) is 0 Å². The molecule has 0 unspecified atom stereocenters. The second-order valence-electron chi connectivity index (χ2n) is 3.28. The van der Waals surface area contributed by atoms with Crippen molar-refractivity contribution in [3.63, 3.8) is 0 Å². The van der Waals surface area contributed by atoms with Gasteiger partial charge in [-0.25, -0.2) is 4.98 Å². The van der Waals surface area contributed by atoms with Gasteiger partial charge in [-0.2, -0.15) is 0 Å². The van der Waals surface area contributed by atoms with Gasteiger partial charge in [-0.05, 0) is 24.7 Å². The number of rotatable bonds is 4. The highest BCUT2D eigenvalue weighted by atomic mass is 35.5. The van der Waals surface area contributed by atoms with E-state index >= 15 is 0 Å². The number of hydrogen-bond acceptors (Lipinski definition) is 3. The Hall–Kier alpha value is -0.970. The first-order valence-electron chi connectivity index (χ1n) is 4.90. The first kappa shape index (κ1) is 11.5. The van der Waals surface area contributed by atoms with Crippen LogP contribution in [0.15, 0.2) is 40.6 Å². The fourth-order valence-electron chi connectivity index (χ4n) is 1.34. The number of hydrogen-bond donors (Lipinski definition) is 2. The van der Waals surface area contributed by atoms with E-state index in [1.807, 2.05) is 25.2 Å². The van der Waals surface area contributed by atoms with Crippen molar-refractivity contribution < 1.29 is 0 Å². The lowest BCUT2D eigenvalue weighted by Gasteiger charge is -2.05. The molecule has 1 aromatic carbocycles. The largest absolute Gasteiger partial charge is 0.339 e. The van der Waals surface area contributed by atoms with Crippen LogP contribution in [0.4, 0.5) is 0 Å². The minimum Gasteiger partial charge on any atom is -0.339 e. The number of imidazole rings is 1. The Morgan fingerprint density at radius 2 is 2.38 bits per heavy atom. The van der Waals surface area contributed by atoms with Crippen molar-refractivity contribution in [2.24, 2.45) is 0 Å². The van der Waals surface area contributed by atoms with Gasteiger partial charge in [-0.15, -0.1) is 0 Å². The Morgan fingerprint density at radius 1 is 1.50 bits per heavy atom. The summed E-state index contributed by atoms with van der Waals surface area (Å²) in [5, 5.41) is 4.74. The predicted molar refractivity (Wildman–Crippen MR) is 66.9 cm³/mol. The number of aromatic nitrogens is 2. The molecule has 2 aromatic rings. The molecule has 0 saturated carbocycles. The van der Waals surface area contributed by atoms with Crippen LogP contribution in [0.25, 0.3) is 0 Å². The van der Waals surface area contributed by atoms with Crippen LogP contribution in [0.2, 0.25) is 5.02 Å². The van der Waals surface area contributed by atoms with Crippen molar-refractivity contribution in [2.75, 3.05) is 7.05 Å². The van der Waals surface area contributed by atoms with E-state index in [4.69, 9.17) is 11.6 Å². The van der Waals surface area contributed by atoms with Crippen molar-refractivity contribution in [1.82, 2.24) is 15.3 Å². The molecule has 84 valence electrons. The van der Waals surface area contributed by atoms with Gasteiger partial charge in [0.2, 0.25) is 0 Å². The molecule has 0 saturated heterocycles. The molecule has 16 heavy (non-hydrogen) atoms. The fraction of sp³-hybridized carbons (Fsp3) is 0.182. The third kappa shape index (κ3) is 2.78. The number of H-pyrrole nitrogens is 1. The maximum absolute atomic E-state index is 6.16. The van der Waals surface area contributed by atoms with Gasteiger partial charge in [0.25, 0.3) is 0 Å². The van der Waals surface area contributed by atoms with E-state index in [0.29, 0.717) is 0 Å². The lowest BCUT2D eigenvalue weighted by Crippen LogP contribution is -2.05. The Labute approximate surface area is 104 Å². The quantitative estimate of drug-likeness (QED) is 0.880. The Bertz CT molecular complexity index is 456. The molecule has 0 aliphatic rings. The van der Waals surface area contributed by atoms with Crippen LogP contribution in [0, 0.1) is 0 Å². The third-order valence-electron chi connectivity index (χ3n) is 2.08. The lowest BCUT2D eigenvalue weighted by molar-refractivity contribution is 0.817.